The van der Waals surface area contributed by atoms with Crippen molar-refractivity contribution in [1.29, 1.82) is 0 Å². The molecule has 1 unspecified atom stereocenters. The molecule has 0 spiro atoms. The Kier molecular flexibility index (Phi) is 7.15. The highest BCUT2D eigenvalue weighted by atomic mass is 16.5. The molecule has 1 N–H and O–H groups in total. The van der Waals surface area contributed by atoms with E-state index < -0.39 is 0 Å². The maximum atomic E-state index is 11.6. The highest BCUT2D eigenvalue weighted by Crippen LogP contribution is 2.01. The first-order valence-corrected chi connectivity index (χ1v) is 6.71. The zero-order valence-electron chi connectivity index (χ0n) is 12.1. The molecule has 0 radical (unpaired) electrons. The number of hydrogen-bond donors (Lipinski definition) is 1. The third-order valence-electron chi connectivity index (χ3n) is 3.06. The third-order valence-corrected chi connectivity index (χ3v) is 3.06. The molecule has 0 aliphatic heterocycles. The van der Waals surface area contributed by atoms with E-state index in [9.17, 15) is 4.79 Å². The van der Waals surface area contributed by atoms with Gasteiger partial charge in [0.05, 0.1) is 7.11 Å². The number of benzene rings is 1. The van der Waals surface area contributed by atoms with Gasteiger partial charge in [-0.05, 0) is 25.6 Å². The lowest BCUT2D eigenvalue weighted by Crippen LogP contribution is -2.46. The van der Waals surface area contributed by atoms with Crippen LogP contribution in [0.4, 0.5) is 0 Å². The summed E-state index contributed by atoms with van der Waals surface area (Å²) in [6.07, 6.45) is 0.983. The van der Waals surface area contributed by atoms with Gasteiger partial charge in [0.15, 0.2) is 0 Å². The van der Waals surface area contributed by atoms with Crippen LogP contribution in [-0.4, -0.2) is 50.7 Å². The zero-order chi connectivity index (χ0) is 14.1. The first-order valence-electron chi connectivity index (χ1n) is 6.71. The molecule has 0 aliphatic carbocycles. The van der Waals surface area contributed by atoms with Gasteiger partial charge in [-0.25, -0.2) is 0 Å². The standard InChI is InChI=1S/C15H24N2O2/c1-4-16-14(15(18)19-3)12-17(2)11-10-13-8-6-5-7-9-13/h5-9,14,16H,4,10-12H2,1-3H3. The third kappa shape index (κ3) is 5.85. The summed E-state index contributed by atoms with van der Waals surface area (Å²) >= 11 is 0. The van der Waals surface area contributed by atoms with Gasteiger partial charge in [-0.3, -0.25) is 4.79 Å². The summed E-state index contributed by atoms with van der Waals surface area (Å²) in [7, 11) is 3.45. The molecular formula is C15H24N2O2. The summed E-state index contributed by atoms with van der Waals surface area (Å²) < 4.78 is 4.80. The van der Waals surface area contributed by atoms with Gasteiger partial charge < -0.3 is 15.0 Å². The summed E-state index contributed by atoms with van der Waals surface area (Å²) in [5.41, 5.74) is 1.31. The summed E-state index contributed by atoms with van der Waals surface area (Å²) in [6, 6.07) is 10.1. The van der Waals surface area contributed by atoms with Gasteiger partial charge in [0.1, 0.15) is 6.04 Å². The second-order valence-electron chi connectivity index (χ2n) is 4.63. The fourth-order valence-electron chi connectivity index (χ4n) is 1.98. The molecule has 1 aromatic carbocycles. The fraction of sp³-hybridized carbons (Fsp3) is 0.533. The first kappa shape index (κ1) is 15.7. The number of ether oxygens (including phenoxy) is 1. The molecule has 4 nitrogen and oxygen atoms in total. The second kappa shape index (κ2) is 8.67. The maximum Gasteiger partial charge on any atom is 0.324 e. The average molecular weight is 264 g/mol. The summed E-state index contributed by atoms with van der Waals surface area (Å²) in [5, 5.41) is 3.15. The number of carbonyl (C=O) groups is 1. The molecule has 0 bridgehead atoms. The zero-order valence-corrected chi connectivity index (χ0v) is 12.1. The minimum absolute atomic E-state index is 0.201. The van der Waals surface area contributed by atoms with Crippen molar-refractivity contribution in [2.24, 2.45) is 0 Å². The monoisotopic (exact) mass is 264 g/mol. The van der Waals surface area contributed by atoms with E-state index in [1.807, 2.05) is 32.2 Å². The van der Waals surface area contributed by atoms with Crippen LogP contribution in [0, 0.1) is 0 Å². The summed E-state index contributed by atoms with van der Waals surface area (Å²) in [5.74, 6) is -0.201. The molecule has 1 aromatic rings. The molecule has 1 rings (SSSR count). The quantitative estimate of drug-likeness (QED) is 0.719. The molecule has 0 aromatic heterocycles. The van der Waals surface area contributed by atoms with Crippen molar-refractivity contribution in [3.63, 3.8) is 0 Å². The Morgan fingerprint density at radius 1 is 1.37 bits per heavy atom. The molecule has 0 aliphatic rings. The normalized spacial score (nSPS) is 12.4. The molecule has 0 fully saturated rings. The minimum atomic E-state index is -0.254. The Labute approximate surface area is 115 Å². The van der Waals surface area contributed by atoms with Gasteiger partial charge >= 0.3 is 5.97 Å². The van der Waals surface area contributed by atoms with E-state index in [2.05, 4.69) is 22.3 Å². The van der Waals surface area contributed by atoms with Gasteiger partial charge in [-0.1, -0.05) is 37.3 Å². The van der Waals surface area contributed by atoms with Gasteiger partial charge in [-0.2, -0.15) is 0 Å². The Balaban J connectivity index is 2.40. The number of nitrogens with zero attached hydrogens (tertiary/aromatic N) is 1. The van der Waals surface area contributed by atoms with Crippen molar-refractivity contribution in [1.82, 2.24) is 10.2 Å². The Bertz CT molecular complexity index is 368. The molecule has 4 heteroatoms. The van der Waals surface area contributed by atoms with Crippen LogP contribution >= 0.6 is 0 Å². The van der Waals surface area contributed by atoms with E-state index >= 15 is 0 Å². The largest absolute Gasteiger partial charge is 0.468 e. The molecule has 0 saturated heterocycles. The van der Waals surface area contributed by atoms with E-state index in [0.717, 1.165) is 19.5 Å². The molecule has 1 atom stereocenters. The molecule has 106 valence electrons. The Morgan fingerprint density at radius 2 is 2.05 bits per heavy atom. The highest BCUT2D eigenvalue weighted by molar-refractivity contribution is 5.75. The van der Waals surface area contributed by atoms with Crippen LogP contribution in [0.15, 0.2) is 30.3 Å². The van der Waals surface area contributed by atoms with E-state index in [1.54, 1.807) is 0 Å². The molecule has 19 heavy (non-hydrogen) atoms. The molecule has 0 amide bonds. The van der Waals surface area contributed by atoms with Crippen LogP contribution in [0.25, 0.3) is 0 Å². The first-order chi connectivity index (χ1) is 9.17. The number of nitrogens with one attached hydrogen (secondary N) is 1. The maximum absolute atomic E-state index is 11.6. The van der Waals surface area contributed by atoms with E-state index in [4.69, 9.17) is 4.74 Å². The van der Waals surface area contributed by atoms with Crippen molar-refractivity contribution in [2.45, 2.75) is 19.4 Å². The molecule has 0 saturated carbocycles. The fourth-order valence-corrected chi connectivity index (χ4v) is 1.98. The van der Waals surface area contributed by atoms with E-state index in [-0.39, 0.29) is 12.0 Å². The van der Waals surface area contributed by atoms with Crippen LogP contribution in [0.5, 0.6) is 0 Å². The van der Waals surface area contributed by atoms with E-state index in [0.29, 0.717) is 6.54 Å². The van der Waals surface area contributed by atoms with Gasteiger partial charge in [0, 0.05) is 13.1 Å². The van der Waals surface area contributed by atoms with Crippen LogP contribution in [-0.2, 0) is 16.0 Å². The Morgan fingerprint density at radius 3 is 2.63 bits per heavy atom. The van der Waals surface area contributed by atoms with Crippen molar-refractivity contribution in [3.05, 3.63) is 35.9 Å². The number of carbonyl (C=O) groups excluding carboxylic acids is 1. The van der Waals surface area contributed by atoms with Crippen LogP contribution in [0.3, 0.4) is 0 Å². The smallest absolute Gasteiger partial charge is 0.324 e. The SMILES string of the molecule is CCNC(CN(C)CCc1ccccc1)C(=O)OC. The van der Waals surface area contributed by atoms with E-state index in [1.165, 1.54) is 12.7 Å². The van der Waals surface area contributed by atoms with Crippen molar-refractivity contribution in [3.8, 4) is 0 Å². The second-order valence-corrected chi connectivity index (χ2v) is 4.63. The van der Waals surface area contributed by atoms with Gasteiger partial charge in [-0.15, -0.1) is 0 Å². The van der Waals surface area contributed by atoms with Gasteiger partial charge in [0.25, 0.3) is 0 Å². The summed E-state index contributed by atoms with van der Waals surface area (Å²) in [6.45, 7) is 4.32. The summed E-state index contributed by atoms with van der Waals surface area (Å²) in [4.78, 5) is 13.8. The number of methoxy groups -OCH3 is 1. The topological polar surface area (TPSA) is 41.6 Å². The van der Waals surface area contributed by atoms with Crippen LogP contribution in [0.1, 0.15) is 12.5 Å². The Hall–Kier alpha value is -1.39. The van der Waals surface area contributed by atoms with Crippen molar-refractivity contribution in [2.75, 3.05) is 33.8 Å². The lowest BCUT2D eigenvalue weighted by atomic mass is 10.1. The number of rotatable bonds is 8. The van der Waals surface area contributed by atoms with Crippen molar-refractivity contribution >= 4 is 5.97 Å². The van der Waals surface area contributed by atoms with Crippen LogP contribution < -0.4 is 5.32 Å². The van der Waals surface area contributed by atoms with Gasteiger partial charge in [0.2, 0.25) is 0 Å². The number of likely N-dealkylation sites (N-methyl/N-ethyl adjacent to an activating group) is 2. The number of hydrogen-bond acceptors (Lipinski definition) is 4. The lowest BCUT2D eigenvalue weighted by molar-refractivity contribution is -0.143. The predicted octanol–water partition coefficient (Wildman–Crippen LogP) is 1.31. The predicted molar refractivity (Wildman–Crippen MR) is 77.1 cm³/mol. The lowest BCUT2D eigenvalue weighted by Gasteiger charge is -2.22. The highest BCUT2D eigenvalue weighted by Gasteiger charge is 2.19. The average Bonchev–Trinajstić information content (AvgIpc) is 2.45. The van der Waals surface area contributed by atoms with Crippen molar-refractivity contribution < 1.29 is 9.53 Å². The van der Waals surface area contributed by atoms with Crippen LogP contribution in [0.2, 0.25) is 0 Å². The number of esters is 1. The molecular weight excluding hydrogens is 240 g/mol. The minimum Gasteiger partial charge on any atom is -0.468 e. The molecule has 0 heterocycles.